The predicted octanol–water partition coefficient (Wildman–Crippen LogP) is 5.70. The summed E-state index contributed by atoms with van der Waals surface area (Å²) >= 11 is 2.94. The predicted molar refractivity (Wildman–Crippen MR) is 82.4 cm³/mol. The third-order valence-electron chi connectivity index (χ3n) is 3.47. The van der Waals surface area contributed by atoms with Gasteiger partial charge in [0.25, 0.3) is 0 Å². The van der Waals surface area contributed by atoms with Crippen LogP contribution >= 0.6 is 15.9 Å². The number of benzene rings is 2. The highest BCUT2D eigenvalue weighted by molar-refractivity contribution is 9.10. The molecule has 0 fully saturated rings. The molecule has 0 aliphatic heterocycles. The standard InChI is InChI=1S/C16H15BrF3N/c1-10-4-3-5-12(11(10)2)9-21-13-6-7-15(17)14(8-13)16(18,19)20/h3-8,21H,9H2,1-2H3. The lowest BCUT2D eigenvalue weighted by atomic mass is 10.0. The maximum absolute atomic E-state index is 12.9. The molecule has 2 rings (SSSR count). The van der Waals surface area contributed by atoms with Crippen molar-refractivity contribution < 1.29 is 13.2 Å². The summed E-state index contributed by atoms with van der Waals surface area (Å²) in [4.78, 5) is 0. The number of rotatable bonds is 3. The molecule has 5 heteroatoms. The summed E-state index contributed by atoms with van der Waals surface area (Å²) in [5, 5.41) is 3.05. The molecule has 0 heterocycles. The first kappa shape index (κ1) is 15.9. The van der Waals surface area contributed by atoms with Gasteiger partial charge < -0.3 is 5.32 Å². The third kappa shape index (κ3) is 3.79. The molecule has 0 aliphatic carbocycles. The summed E-state index contributed by atoms with van der Waals surface area (Å²) in [7, 11) is 0. The summed E-state index contributed by atoms with van der Waals surface area (Å²) in [5.41, 5.74) is 3.17. The van der Waals surface area contributed by atoms with Crippen LogP contribution in [-0.2, 0) is 12.7 Å². The third-order valence-corrected chi connectivity index (χ3v) is 4.16. The number of hydrogen-bond acceptors (Lipinski definition) is 1. The Balaban J connectivity index is 2.19. The van der Waals surface area contributed by atoms with Gasteiger partial charge in [-0.3, -0.25) is 0 Å². The van der Waals surface area contributed by atoms with Gasteiger partial charge in [-0.25, -0.2) is 0 Å². The lowest BCUT2D eigenvalue weighted by Gasteiger charge is -2.14. The second-order valence-electron chi connectivity index (χ2n) is 4.90. The van der Waals surface area contributed by atoms with Gasteiger partial charge in [-0.15, -0.1) is 0 Å². The molecule has 0 bridgehead atoms. The molecular formula is C16H15BrF3N. The van der Waals surface area contributed by atoms with Crippen molar-refractivity contribution in [2.24, 2.45) is 0 Å². The van der Waals surface area contributed by atoms with E-state index < -0.39 is 11.7 Å². The van der Waals surface area contributed by atoms with Crippen LogP contribution in [0.3, 0.4) is 0 Å². The van der Waals surface area contributed by atoms with Crippen molar-refractivity contribution in [2.45, 2.75) is 26.6 Å². The highest BCUT2D eigenvalue weighted by Gasteiger charge is 2.33. The van der Waals surface area contributed by atoms with Gasteiger partial charge in [0.15, 0.2) is 0 Å². The van der Waals surface area contributed by atoms with E-state index in [1.165, 1.54) is 11.6 Å². The van der Waals surface area contributed by atoms with Crippen LogP contribution in [0.15, 0.2) is 40.9 Å². The number of aryl methyl sites for hydroxylation is 1. The van der Waals surface area contributed by atoms with Gasteiger partial charge in [0.1, 0.15) is 0 Å². The van der Waals surface area contributed by atoms with Gasteiger partial charge in [-0.2, -0.15) is 13.2 Å². The fourth-order valence-electron chi connectivity index (χ4n) is 2.05. The molecule has 0 saturated carbocycles. The summed E-state index contributed by atoms with van der Waals surface area (Å²) in [5.74, 6) is 0. The summed E-state index contributed by atoms with van der Waals surface area (Å²) < 4.78 is 38.6. The average molecular weight is 358 g/mol. The highest BCUT2D eigenvalue weighted by atomic mass is 79.9. The molecule has 0 unspecified atom stereocenters. The van der Waals surface area contributed by atoms with Crippen molar-refractivity contribution >= 4 is 21.6 Å². The first-order valence-corrected chi connectivity index (χ1v) is 7.24. The molecule has 0 amide bonds. The zero-order chi connectivity index (χ0) is 15.6. The van der Waals surface area contributed by atoms with E-state index in [0.29, 0.717) is 12.2 Å². The van der Waals surface area contributed by atoms with E-state index in [1.54, 1.807) is 6.07 Å². The summed E-state index contributed by atoms with van der Waals surface area (Å²) in [6, 6.07) is 10.1. The zero-order valence-corrected chi connectivity index (χ0v) is 13.3. The van der Waals surface area contributed by atoms with Gasteiger partial charge in [-0.05, 0) is 48.7 Å². The van der Waals surface area contributed by atoms with E-state index in [0.717, 1.165) is 17.2 Å². The molecule has 0 spiro atoms. The molecule has 21 heavy (non-hydrogen) atoms. The Kier molecular flexibility index (Phi) is 4.61. The maximum atomic E-state index is 12.9. The van der Waals surface area contributed by atoms with Gasteiger partial charge in [0.2, 0.25) is 0 Å². The highest BCUT2D eigenvalue weighted by Crippen LogP contribution is 2.36. The molecule has 1 N–H and O–H groups in total. The second-order valence-corrected chi connectivity index (χ2v) is 5.76. The number of hydrogen-bond donors (Lipinski definition) is 1. The van der Waals surface area contributed by atoms with Crippen LogP contribution in [0.2, 0.25) is 0 Å². The van der Waals surface area contributed by atoms with Crippen molar-refractivity contribution in [1.82, 2.24) is 0 Å². The summed E-state index contributed by atoms with van der Waals surface area (Å²) in [6.07, 6.45) is -4.37. The minimum atomic E-state index is -4.37. The Labute approximate surface area is 130 Å². The van der Waals surface area contributed by atoms with Crippen molar-refractivity contribution in [3.63, 3.8) is 0 Å². The largest absolute Gasteiger partial charge is 0.417 e. The monoisotopic (exact) mass is 357 g/mol. The molecule has 0 atom stereocenters. The Hall–Kier alpha value is -1.49. The number of halogens is 4. The van der Waals surface area contributed by atoms with Crippen molar-refractivity contribution in [3.05, 3.63) is 63.1 Å². The van der Waals surface area contributed by atoms with E-state index >= 15 is 0 Å². The van der Waals surface area contributed by atoms with E-state index in [9.17, 15) is 13.2 Å². The molecule has 0 aliphatic rings. The number of nitrogens with one attached hydrogen (secondary N) is 1. The van der Waals surface area contributed by atoms with E-state index in [1.807, 2.05) is 32.0 Å². The topological polar surface area (TPSA) is 12.0 Å². The fraction of sp³-hybridized carbons (Fsp3) is 0.250. The molecule has 2 aromatic carbocycles. The smallest absolute Gasteiger partial charge is 0.381 e. The van der Waals surface area contributed by atoms with Crippen LogP contribution in [-0.4, -0.2) is 0 Å². The van der Waals surface area contributed by atoms with E-state index in [-0.39, 0.29) is 4.47 Å². The average Bonchev–Trinajstić information content (AvgIpc) is 2.40. The fourth-order valence-corrected chi connectivity index (χ4v) is 2.52. The van der Waals surface area contributed by atoms with Crippen LogP contribution in [0, 0.1) is 13.8 Å². The Bertz CT molecular complexity index is 650. The SMILES string of the molecule is Cc1cccc(CNc2ccc(Br)c(C(F)(F)F)c2)c1C. The van der Waals surface area contributed by atoms with Crippen LogP contribution in [0.5, 0.6) is 0 Å². The Morgan fingerprint density at radius 1 is 1.10 bits per heavy atom. The van der Waals surface area contributed by atoms with Crippen LogP contribution < -0.4 is 5.32 Å². The van der Waals surface area contributed by atoms with Gasteiger partial charge in [0.05, 0.1) is 5.56 Å². The number of anilines is 1. The normalized spacial score (nSPS) is 11.5. The van der Waals surface area contributed by atoms with E-state index in [4.69, 9.17) is 0 Å². The quantitative estimate of drug-likeness (QED) is 0.743. The van der Waals surface area contributed by atoms with Gasteiger partial charge in [0, 0.05) is 16.7 Å². The minimum Gasteiger partial charge on any atom is -0.381 e. The second kappa shape index (κ2) is 6.10. The number of alkyl halides is 3. The Morgan fingerprint density at radius 2 is 1.81 bits per heavy atom. The van der Waals surface area contributed by atoms with Gasteiger partial charge >= 0.3 is 6.18 Å². The first-order chi connectivity index (χ1) is 9.79. The van der Waals surface area contributed by atoms with Crippen molar-refractivity contribution in [1.29, 1.82) is 0 Å². The van der Waals surface area contributed by atoms with E-state index in [2.05, 4.69) is 21.2 Å². The van der Waals surface area contributed by atoms with Crippen molar-refractivity contribution in [3.8, 4) is 0 Å². The molecule has 0 saturated heterocycles. The molecule has 0 radical (unpaired) electrons. The Morgan fingerprint density at radius 3 is 2.48 bits per heavy atom. The minimum absolute atomic E-state index is 0.0484. The van der Waals surface area contributed by atoms with Crippen LogP contribution in [0.4, 0.5) is 18.9 Å². The lowest BCUT2D eigenvalue weighted by Crippen LogP contribution is -2.08. The maximum Gasteiger partial charge on any atom is 0.417 e. The molecule has 0 aromatic heterocycles. The zero-order valence-electron chi connectivity index (χ0n) is 11.7. The first-order valence-electron chi connectivity index (χ1n) is 6.45. The molecule has 2 aromatic rings. The lowest BCUT2D eigenvalue weighted by molar-refractivity contribution is -0.138. The molecule has 1 nitrogen and oxygen atoms in total. The summed E-state index contributed by atoms with van der Waals surface area (Å²) in [6.45, 7) is 4.52. The molecular weight excluding hydrogens is 343 g/mol. The van der Waals surface area contributed by atoms with Crippen LogP contribution in [0.25, 0.3) is 0 Å². The molecule has 112 valence electrons. The van der Waals surface area contributed by atoms with Gasteiger partial charge in [-0.1, -0.05) is 34.1 Å². The van der Waals surface area contributed by atoms with Crippen LogP contribution in [0.1, 0.15) is 22.3 Å². The van der Waals surface area contributed by atoms with Crippen molar-refractivity contribution in [2.75, 3.05) is 5.32 Å².